The summed E-state index contributed by atoms with van der Waals surface area (Å²) in [5, 5.41) is 0.528. The molecule has 1 aromatic carbocycles. The zero-order valence-corrected chi connectivity index (χ0v) is 9.35. The van der Waals surface area contributed by atoms with E-state index in [4.69, 9.17) is 4.42 Å². The highest BCUT2D eigenvalue weighted by atomic mass is 16.5. The number of furan rings is 1. The molecule has 0 radical (unpaired) electrons. The van der Waals surface area contributed by atoms with Crippen molar-refractivity contribution in [1.82, 2.24) is 0 Å². The molecule has 5 heteroatoms. The van der Waals surface area contributed by atoms with Crippen LogP contribution < -0.4 is 0 Å². The fourth-order valence-corrected chi connectivity index (χ4v) is 1.65. The van der Waals surface area contributed by atoms with Gasteiger partial charge in [-0.2, -0.15) is 0 Å². The standard InChI is InChI=1S/C12H10O5/c1-15-11(13)8-3-4-9-7(5-6-17-9)10(8)12(14)16-2/h3-6H,1-2H3. The van der Waals surface area contributed by atoms with Crippen molar-refractivity contribution in [2.75, 3.05) is 14.2 Å². The molecule has 0 atom stereocenters. The van der Waals surface area contributed by atoms with E-state index in [9.17, 15) is 9.59 Å². The average molecular weight is 234 g/mol. The van der Waals surface area contributed by atoms with E-state index in [1.807, 2.05) is 0 Å². The Morgan fingerprint density at radius 1 is 1.06 bits per heavy atom. The molecule has 0 aliphatic rings. The van der Waals surface area contributed by atoms with E-state index in [0.717, 1.165) is 0 Å². The maximum Gasteiger partial charge on any atom is 0.339 e. The normalized spacial score (nSPS) is 10.2. The molecule has 2 rings (SSSR count). The van der Waals surface area contributed by atoms with Gasteiger partial charge in [-0.3, -0.25) is 0 Å². The summed E-state index contributed by atoms with van der Waals surface area (Å²) in [6, 6.07) is 4.69. The van der Waals surface area contributed by atoms with Crippen LogP contribution in [0.3, 0.4) is 0 Å². The van der Waals surface area contributed by atoms with Crippen LogP contribution in [0.2, 0.25) is 0 Å². The molecule has 0 saturated carbocycles. The summed E-state index contributed by atoms with van der Waals surface area (Å²) in [5.41, 5.74) is 0.830. The second-order valence-electron chi connectivity index (χ2n) is 3.30. The minimum absolute atomic E-state index is 0.158. The SMILES string of the molecule is COC(=O)c1ccc2occc2c1C(=O)OC. The fourth-order valence-electron chi connectivity index (χ4n) is 1.65. The molecule has 0 saturated heterocycles. The summed E-state index contributed by atoms with van der Waals surface area (Å²) < 4.78 is 14.4. The predicted octanol–water partition coefficient (Wildman–Crippen LogP) is 2.01. The van der Waals surface area contributed by atoms with Crippen molar-refractivity contribution in [2.24, 2.45) is 0 Å². The third-order valence-electron chi connectivity index (χ3n) is 2.43. The van der Waals surface area contributed by atoms with Crippen molar-refractivity contribution in [3.63, 3.8) is 0 Å². The van der Waals surface area contributed by atoms with Gasteiger partial charge in [0.15, 0.2) is 0 Å². The molecule has 0 spiro atoms. The minimum Gasteiger partial charge on any atom is -0.465 e. The number of fused-ring (bicyclic) bond motifs is 1. The lowest BCUT2D eigenvalue weighted by atomic mass is 10.0. The molecule has 0 bridgehead atoms. The second-order valence-corrected chi connectivity index (χ2v) is 3.30. The van der Waals surface area contributed by atoms with Crippen LogP contribution in [0, 0.1) is 0 Å². The van der Waals surface area contributed by atoms with E-state index >= 15 is 0 Å². The van der Waals surface area contributed by atoms with Crippen LogP contribution >= 0.6 is 0 Å². The van der Waals surface area contributed by atoms with Gasteiger partial charge in [0.25, 0.3) is 0 Å². The Labute approximate surface area is 96.9 Å². The number of carbonyl (C=O) groups excluding carboxylic acids is 2. The first-order valence-electron chi connectivity index (χ1n) is 4.86. The molecule has 0 aliphatic heterocycles. The molecule has 0 N–H and O–H groups in total. The number of benzene rings is 1. The highest BCUT2D eigenvalue weighted by Crippen LogP contribution is 2.24. The first kappa shape index (κ1) is 11.2. The van der Waals surface area contributed by atoms with Crippen LogP contribution in [0.25, 0.3) is 11.0 Å². The van der Waals surface area contributed by atoms with Crippen LogP contribution in [-0.4, -0.2) is 26.2 Å². The van der Waals surface area contributed by atoms with E-state index in [-0.39, 0.29) is 11.1 Å². The smallest absolute Gasteiger partial charge is 0.339 e. The molecular formula is C12H10O5. The third kappa shape index (κ3) is 1.75. The van der Waals surface area contributed by atoms with Gasteiger partial charge in [0.2, 0.25) is 0 Å². The molecule has 1 aromatic heterocycles. The lowest BCUT2D eigenvalue weighted by Crippen LogP contribution is -2.11. The Kier molecular flexibility index (Phi) is 2.82. The van der Waals surface area contributed by atoms with E-state index in [2.05, 4.69) is 9.47 Å². The van der Waals surface area contributed by atoms with Crippen molar-refractivity contribution in [2.45, 2.75) is 0 Å². The average Bonchev–Trinajstić information content (AvgIpc) is 2.83. The molecule has 17 heavy (non-hydrogen) atoms. The van der Waals surface area contributed by atoms with Gasteiger partial charge in [0.1, 0.15) is 5.58 Å². The zero-order chi connectivity index (χ0) is 12.4. The fraction of sp³-hybridized carbons (Fsp3) is 0.167. The Bertz CT molecular complexity index is 582. The van der Waals surface area contributed by atoms with Gasteiger partial charge < -0.3 is 13.9 Å². The van der Waals surface area contributed by atoms with Crippen molar-refractivity contribution in [3.05, 3.63) is 35.6 Å². The number of carbonyl (C=O) groups is 2. The summed E-state index contributed by atoms with van der Waals surface area (Å²) >= 11 is 0. The minimum atomic E-state index is -0.600. The lowest BCUT2D eigenvalue weighted by molar-refractivity contribution is 0.0557. The molecule has 1 heterocycles. The van der Waals surface area contributed by atoms with Gasteiger partial charge in [0.05, 0.1) is 31.6 Å². The number of hydrogen-bond acceptors (Lipinski definition) is 5. The number of ether oxygens (including phenoxy) is 2. The third-order valence-corrected chi connectivity index (χ3v) is 2.43. The van der Waals surface area contributed by atoms with Gasteiger partial charge in [-0.15, -0.1) is 0 Å². The van der Waals surface area contributed by atoms with Crippen LogP contribution in [-0.2, 0) is 9.47 Å². The zero-order valence-electron chi connectivity index (χ0n) is 9.35. The summed E-state index contributed by atoms with van der Waals surface area (Å²) in [6.45, 7) is 0. The molecule has 0 amide bonds. The van der Waals surface area contributed by atoms with Gasteiger partial charge in [-0.05, 0) is 18.2 Å². The Morgan fingerprint density at radius 2 is 1.76 bits per heavy atom. The summed E-state index contributed by atoms with van der Waals surface area (Å²) in [4.78, 5) is 23.3. The number of esters is 2. The maximum atomic E-state index is 11.7. The van der Waals surface area contributed by atoms with Gasteiger partial charge >= 0.3 is 11.9 Å². The number of hydrogen-bond donors (Lipinski definition) is 0. The highest BCUT2D eigenvalue weighted by molar-refractivity contribution is 6.11. The van der Waals surface area contributed by atoms with Gasteiger partial charge in [0, 0.05) is 5.39 Å². The van der Waals surface area contributed by atoms with Crippen molar-refractivity contribution in [1.29, 1.82) is 0 Å². The number of rotatable bonds is 2. The molecular weight excluding hydrogens is 224 g/mol. The van der Waals surface area contributed by atoms with Crippen LogP contribution in [0.1, 0.15) is 20.7 Å². The van der Waals surface area contributed by atoms with E-state index < -0.39 is 11.9 Å². The molecule has 2 aromatic rings. The Hall–Kier alpha value is -2.30. The van der Waals surface area contributed by atoms with Crippen molar-refractivity contribution in [3.8, 4) is 0 Å². The summed E-state index contributed by atoms with van der Waals surface area (Å²) in [7, 11) is 2.51. The van der Waals surface area contributed by atoms with Crippen LogP contribution in [0.5, 0.6) is 0 Å². The molecule has 5 nitrogen and oxygen atoms in total. The Morgan fingerprint density at radius 3 is 2.41 bits per heavy atom. The first-order valence-corrected chi connectivity index (χ1v) is 4.86. The second kappa shape index (κ2) is 4.29. The Balaban J connectivity index is 2.74. The molecule has 88 valence electrons. The lowest BCUT2D eigenvalue weighted by Gasteiger charge is -2.06. The summed E-state index contributed by atoms with van der Waals surface area (Å²) in [5.74, 6) is -1.19. The number of methoxy groups -OCH3 is 2. The van der Waals surface area contributed by atoms with Crippen LogP contribution in [0.15, 0.2) is 28.9 Å². The largest absolute Gasteiger partial charge is 0.465 e. The monoisotopic (exact) mass is 234 g/mol. The van der Waals surface area contributed by atoms with E-state index in [1.165, 1.54) is 26.5 Å². The van der Waals surface area contributed by atoms with Crippen LogP contribution in [0.4, 0.5) is 0 Å². The molecule has 0 fully saturated rings. The van der Waals surface area contributed by atoms with E-state index in [0.29, 0.717) is 11.0 Å². The molecule has 0 aliphatic carbocycles. The quantitative estimate of drug-likeness (QED) is 0.743. The highest BCUT2D eigenvalue weighted by Gasteiger charge is 2.22. The van der Waals surface area contributed by atoms with Crippen molar-refractivity contribution >= 4 is 22.9 Å². The van der Waals surface area contributed by atoms with Gasteiger partial charge in [-0.25, -0.2) is 9.59 Å². The molecule has 0 unspecified atom stereocenters. The first-order chi connectivity index (χ1) is 8.19. The predicted molar refractivity (Wildman–Crippen MR) is 58.9 cm³/mol. The topological polar surface area (TPSA) is 65.7 Å². The van der Waals surface area contributed by atoms with Gasteiger partial charge in [-0.1, -0.05) is 0 Å². The van der Waals surface area contributed by atoms with Crippen molar-refractivity contribution < 1.29 is 23.5 Å². The maximum absolute atomic E-state index is 11.7. The summed E-state index contributed by atoms with van der Waals surface area (Å²) in [6.07, 6.45) is 1.44. The van der Waals surface area contributed by atoms with E-state index in [1.54, 1.807) is 12.1 Å².